The lowest BCUT2D eigenvalue weighted by Gasteiger charge is -2.43. The van der Waals surface area contributed by atoms with Gasteiger partial charge in [-0.05, 0) is 43.4 Å². The summed E-state index contributed by atoms with van der Waals surface area (Å²) in [5.74, 6) is 1.56. The molecule has 10 heteroatoms. The van der Waals surface area contributed by atoms with Crippen molar-refractivity contribution < 1.29 is 5.11 Å². The number of nitrogens with zero attached hydrogens (tertiary/aromatic N) is 5. The Morgan fingerprint density at radius 3 is 2.52 bits per heavy atom. The van der Waals surface area contributed by atoms with Crippen LogP contribution in [0.3, 0.4) is 0 Å². The zero-order chi connectivity index (χ0) is 19.8. The number of hydrogen-bond donors (Lipinski definition) is 3. The van der Waals surface area contributed by atoms with Gasteiger partial charge in [-0.25, -0.2) is 4.98 Å². The molecule has 1 saturated carbocycles. The molecule has 0 radical (unpaired) electrons. The number of aromatic nitrogens is 5. The van der Waals surface area contributed by atoms with E-state index in [1.165, 1.54) is 19.3 Å². The second-order valence-electron chi connectivity index (χ2n) is 8.13. The zero-order valence-corrected chi connectivity index (χ0v) is 18.9. The number of hydrogen-bond acceptors (Lipinski definition) is 7. The van der Waals surface area contributed by atoms with Crippen molar-refractivity contribution >= 4 is 30.8 Å². The molecule has 8 nitrogen and oxygen atoms in total. The van der Waals surface area contributed by atoms with Gasteiger partial charge < -0.3 is 15.3 Å². The SMILES string of the molecule is C[C@@H]1CN(c2ncc(-c3ccc(-c4cn[nH]c4)cc3O)nn2)C[C@H](C2CCC2)N1.Cl.Cl. The number of anilines is 1. The monoisotopic (exact) mass is 463 g/mol. The van der Waals surface area contributed by atoms with Crippen LogP contribution in [0.15, 0.2) is 36.8 Å². The molecule has 0 spiro atoms. The Hall–Kier alpha value is -2.42. The summed E-state index contributed by atoms with van der Waals surface area (Å²) in [5.41, 5.74) is 2.98. The summed E-state index contributed by atoms with van der Waals surface area (Å²) in [6.07, 6.45) is 9.16. The highest BCUT2D eigenvalue weighted by Crippen LogP contribution is 2.33. The largest absolute Gasteiger partial charge is 0.507 e. The molecule has 0 amide bonds. The molecule has 166 valence electrons. The van der Waals surface area contributed by atoms with Crippen molar-refractivity contribution in [2.24, 2.45) is 5.92 Å². The van der Waals surface area contributed by atoms with Crippen molar-refractivity contribution in [3.63, 3.8) is 0 Å². The lowest BCUT2D eigenvalue weighted by Crippen LogP contribution is -2.59. The van der Waals surface area contributed by atoms with Crippen LogP contribution in [0.4, 0.5) is 5.95 Å². The summed E-state index contributed by atoms with van der Waals surface area (Å²) >= 11 is 0. The van der Waals surface area contributed by atoms with Crippen molar-refractivity contribution in [1.29, 1.82) is 0 Å². The number of phenolic OH excluding ortho intramolecular Hbond substituents is 1. The smallest absolute Gasteiger partial charge is 0.245 e. The average Bonchev–Trinajstić information content (AvgIpc) is 3.21. The number of piperazine rings is 1. The first-order chi connectivity index (χ1) is 14.2. The van der Waals surface area contributed by atoms with Crippen molar-refractivity contribution in [1.82, 2.24) is 30.7 Å². The molecule has 3 aromatic rings. The van der Waals surface area contributed by atoms with Crippen LogP contribution in [0.5, 0.6) is 5.75 Å². The number of aromatic hydroxyl groups is 1. The van der Waals surface area contributed by atoms with Gasteiger partial charge in [-0.1, -0.05) is 12.5 Å². The minimum absolute atomic E-state index is 0. The molecule has 0 unspecified atom stereocenters. The van der Waals surface area contributed by atoms with Crippen LogP contribution >= 0.6 is 24.8 Å². The van der Waals surface area contributed by atoms with Gasteiger partial charge in [-0.2, -0.15) is 5.10 Å². The van der Waals surface area contributed by atoms with Gasteiger partial charge in [0.05, 0.1) is 12.4 Å². The van der Waals surface area contributed by atoms with E-state index in [9.17, 15) is 5.11 Å². The molecular weight excluding hydrogens is 437 g/mol. The van der Waals surface area contributed by atoms with E-state index in [1.807, 2.05) is 12.1 Å². The molecule has 0 bridgehead atoms. The van der Waals surface area contributed by atoms with Crippen LogP contribution in [0.1, 0.15) is 26.2 Å². The third-order valence-corrected chi connectivity index (χ3v) is 6.07. The van der Waals surface area contributed by atoms with E-state index in [2.05, 4.69) is 42.5 Å². The Morgan fingerprint density at radius 2 is 1.90 bits per heavy atom. The molecular formula is C21H27Cl2N7O. The Morgan fingerprint density at radius 1 is 1.06 bits per heavy atom. The second-order valence-corrected chi connectivity index (χ2v) is 8.13. The minimum Gasteiger partial charge on any atom is -0.507 e. The summed E-state index contributed by atoms with van der Waals surface area (Å²) in [6, 6.07) is 6.36. The number of aromatic amines is 1. The Bertz CT molecular complexity index is 980. The topological polar surface area (TPSA) is 103 Å². The van der Waals surface area contributed by atoms with Crippen molar-refractivity contribution in [3.05, 3.63) is 36.8 Å². The van der Waals surface area contributed by atoms with Crippen LogP contribution in [-0.4, -0.2) is 55.7 Å². The average molecular weight is 464 g/mol. The number of rotatable bonds is 4. The van der Waals surface area contributed by atoms with Gasteiger partial charge >= 0.3 is 0 Å². The van der Waals surface area contributed by atoms with E-state index in [0.29, 0.717) is 29.3 Å². The molecule has 1 aromatic carbocycles. The Balaban J connectivity index is 0.00000136. The van der Waals surface area contributed by atoms with Crippen LogP contribution in [0.25, 0.3) is 22.4 Å². The molecule has 1 saturated heterocycles. The van der Waals surface area contributed by atoms with Crippen molar-refractivity contribution in [2.45, 2.75) is 38.3 Å². The molecule has 1 aliphatic heterocycles. The lowest BCUT2D eigenvalue weighted by molar-refractivity contribution is 0.202. The highest BCUT2D eigenvalue weighted by atomic mass is 35.5. The molecule has 2 aliphatic rings. The molecule has 1 aliphatic carbocycles. The fourth-order valence-electron chi connectivity index (χ4n) is 4.28. The van der Waals surface area contributed by atoms with Crippen LogP contribution in [0, 0.1) is 5.92 Å². The highest BCUT2D eigenvalue weighted by Gasteiger charge is 2.34. The van der Waals surface area contributed by atoms with E-state index in [-0.39, 0.29) is 30.6 Å². The molecule has 2 aromatic heterocycles. The quantitative estimate of drug-likeness (QED) is 0.544. The van der Waals surface area contributed by atoms with E-state index >= 15 is 0 Å². The molecule has 31 heavy (non-hydrogen) atoms. The van der Waals surface area contributed by atoms with E-state index in [0.717, 1.165) is 30.1 Å². The summed E-state index contributed by atoms with van der Waals surface area (Å²) < 4.78 is 0. The van der Waals surface area contributed by atoms with Gasteiger partial charge in [0.15, 0.2) is 0 Å². The predicted molar refractivity (Wildman–Crippen MR) is 125 cm³/mol. The van der Waals surface area contributed by atoms with E-state index in [1.54, 1.807) is 24.7 Å². The number of H-pyrrole nitrogens is 1. The third-order valence-electron chi connectivity index (χ3n) is 6.07. The normalized spacial score (nSPS) is 21.0. The van der Waals surface area contributed by atoms with Gasteiger partial charge in [0.25, 0.3) is 0 Å². The maximum Gasteiger partial charge on any atom is 0.245 e. The maximum atomic E-state index is 10.5. The number of benzene rings is 1. The fraction of sp³-hybridized carbons (Fsp3) is 0.429. The molecule has 2 atom stereocenters. The van der Waals surface area contributed by atoms with Crippen LogP contribution in [-0.2, 0) is 0 Å². The zero-order valence-electron chi connectivity index (χ0n) is 17.2. The maximum absolute atomic E-state index is 10.5. The first-order valence-corrected chi connectivity index (χ1v) is 10.2. The fourth-order valence-corrected chi connectivity index (χ4v) is 4.28. The highest BCUT2D eigenvalue weighted by molar-refractivity contribution is 5.85. The number of phenols is 1. The van der Waals surface area contributed by atoms with Gasteiger partial charge in [-0.3, -0.25) is 5.10 Å². The first kappa shape index (κ1) is 23.2. The standard InChI is InChI=1S/C21H25N7O.2ClH/c1-13-11-28(12-19(25-13)14-3-2-4-14)21-22-10-18(26-27-21)17-6-5-15(7-20(17)29)16-8-23-24-9-16;;/h5-10,13-14,19,25,29H,2-4,11-12H2,1H3,(H,23,24);2*1H/t13-,19-;;/m1../s1. The minimum atomic E-state index is 0. The van der Waals surface area contributed by atoms with Gasteiger partial charge in [0.1, 0.15) is 11.4 Å². The number of halogens is 2. The molecule has 5 rings (SSSR count). The molecule has 3 heterocycles. The van der Waals surface area contributed by atoms with Gasteiger partial charge in [-0.15, -0.1) is 35.0 Å². The number of nitrogens with one attached hydrogen (secondary N) is 2. The first-order valence-electron chi connectivity index (χ1n) is 10.2. The van der Waals surface area contributed by atoms with E-state index in [4.69, 9.17) is 0 Å². The Kier molecular flexibility index (Phi) is 7.35. The third kappa shape index (κ3) is 4.76. The van der Waals surface area contributed by atoms with Crippen molar-refractivity contribution in [3.8, 4) is 28.1 Å². The van der Waals surface area contributed by atoms with Crippen LogP contribution < -0.4 is 10.2 Å². The summed E-state index contributed by atoms with van der Waals surface area (Å²) in [7, 11) is 0. The van der Waals surface area contributed by atoms with Crippen LogP contribution in [0.2, 0.25) is 0 Å². The Labute approximate surface area is 193 Å². The van der Waals surface area contributed by atoms with Gasteiger partial charge in [0.2, 0.25) is 5.95 Å². The summed E-state index contributed by atoms with van der Waals surface area (Å²) in [5, 5.41) is 29.7. The van der Waals surface area contributed by atoms with Gasteiger partial charge in [0, 0.05) is 42.5 Å². The molecule has 3 N–H and O–H groups in total. The predicted octanol–water partition coefficient (Wildman–Crippen LogP) is 3.44. The summed E-state index contributed by atoms with van der Waals surface area (Å²) in [6.45, 7) is 3.99. The second kappa shape index (κ2) is 9.80. The lowest BCUT2D eigenvalue weighted by atomic mass is 9.78. The van der Waals surface area contributed by atoms with E-state index < -0.39 is 0 Å². The van der Waals surface area contributed by atoms with Crippen molar-refractivity contribution in [2.75, 3.05) is 18.0 Å². The summed E-state index contributed by atoms with van der Waals surface area (Å²) in [4.78, 5) is 6.79. The molecule has 2 fully saturated rings.